The third kappa shape index (κ3) is 4.77. The van der Waals surface area contributed by atoms with Crippen molar-refractivity contribution >= 4 is 11.9 Å². The quantitative estimate of drug-likeness (QED) is 0.570. The van der Waals surface area contributed by atoms with Crippen molar-refractivity contribution in [1.29, 1.82) is 0 Å². The van der Waals surface area contributed by atoms with E-state index in [0.29, 0.717) is 31.5 Å². The zero-order valence-electron chi connectivity index (χ0n) is 20.6. The summed E-state index contributed by atoms with van der Waals surface area (Å²) in [5.74, 6) is 3.96. The molecule has 4 bridgehead atoms. The molecule has 1 unspecified atom stereocenters. The summed E-state index contributed by atoms with van der Waals surface area (Å²) in [5, 5.41) is 7.27. The van der Waals surface area contributed by atoms with Gasteiger partial charge in [-0.15, -0.1) is 0 Å². The van der Waals surface area contributed by atoms with Crippen LogP contribution in [0.3, 0.4) is 0 Å². The van der Waals surface area contributed by atoms with Gasteiger partial charge < -0.3 is 24.2 Å². The fraction of sp³-hybridized carbons (Fsp3) is 0.667. The van der Waals surface area contributed by atoms with E-state index in [1.165, 1.54) is 38.5 Å². The summed E-state index contributed by atoms with van der Waals surface area (Å²) < 4.78 is 17.2. The number of nitrogens with zero attached hydrogens (tertiary/aromatic N) is 3. The summed E-state index contributed by atoms with van der Waals surface area (Å²) in [6.07, 6.45) is 9.73. The van der Waals surface area contributed by atoms with E-state index in [-0.39, 0.29) is 17.4 Å². The van der Waals surface area contributed by atoms with Gasteiger partial charge in [-0.3, -0.25) is 4.79 Å². The number of carbonyl (C=O) groups is 1. The van der Waals surface area contributed by atoms with Crippen LogP contribution in [0.2, 0.25) is 0 Å². The van der Waals surface area contributed by atoms with Crippen molar-refractivity contribution in [1.82, 2.24) is 15.5 Å². The first-order valence-corrected chi connectivity index (χ1v) is 13.2. The van der Waals surface area contributed by atoms with E-state index < -0.39 is 0 Å². The molecule has 8 heteroatoms. The Kier molecular flexibility index (Phi) is 6.16. The molecule has 4 aliphatic carbocycles. The molecule has 8 nitrogen and oxygen atoms in total. The number of rotatable bonds is 8. The summed E-state index contributed by atoms with van der Waals surface area (Å²) in [5.41, 5.74) is 0.965. The minimum absolute atomic E-state index is 0.0837. The maximum Gasteiger partial charge on any atom is 0.324 e. The first kappa shape index (κ1) is 22.8. The predicted molar refractivity (Wildman–Crippen MR) is 131 cm³/mol. The molecule has 1 amide bonds. The van der Waals surface area contributed by atoms with E-state index in [9.17, 15) is 4.79 Å². The van der Waals surface area contributed by atoms with Gasteiger partial charge in [0.1, 0.15) is 5.75 Å². The van der Waals surface area contributed by atoms with Gasteiger partial charge in [0, 0.05) is 25.2 Å². The number of nitrogens with one attached hydrogen (secondary N) is 1. The standard InChI is InChI=1S/C27H36N4O4/c1-33-23-6-4-21(5-7-23)24-29-26(35-30-24)31-9-2-3-22(17-31)25(32)28-8-10-34-27-14-18-11-19(15-27)13-20(12-18)16-27/h4-7,18-20,22H,2-3,8-17H2,1H3,(H,28,32). The number of ether oxygens (including phenoxy) is 2. The monoisotopic (exact) mass is 480 g/mol. The molecular formula is C27H36N4O4. The van der Waals surface area contributed by atoms with E-state index in [0.717, 1.165) is 48.5 Å². The van der Waals surface area contributed by atoms with Gasteiger partial charge in [0.15, 0.2) is 0 Å². The van der Waals surface area contributed by atoms with Gasteiger partial charge in [0.25, 0.3) is 0 Å². The van der Waals surface area contributed by atoms with Crippen LogP contribution in [-0.2, 0) is 9.53 Å². The Morgan fingerprint density at radius 2 is 1.86 bits per heavy atom. The number of carbonyl (C=O) groups excluding carboxylic acids is 1. The lowest BCUT2D eigenvalue weighted by Crippen LogP contribution is -2.52. The maximum absolute atomic E-state index is 12.9. The molecule has 4 saturated carbocycles. The minimum atomic E-state index is -0.0837. The third-order valence-corrected chi connectivity index (χ3v) is 8.62. The van der Waals surface area contributed by atoms with E-state index in [4.69, 9.17) is 14.0 Å². The van der Waals surface area contributed by atoms with Crippen molar-refractivity contribution in [3.63, 3.8) is 0 Å². The summed E-state index contributed by atoms with van der Waals surface area (Å²) in [7, 11) is 1.64. The second-order valence-electron chi connectivity index (χ2n) is 11.2. The van der Waals surface area contributed by atoms with Gasteiger partial charge in [-0.1, -0.05) is 5.16 Å². The van der Waals surface area contributed by atoms with Crippen molar-refractivity contribution in [3.8, 4) is 17.1 Å². The van der Waals surface area contributed by atoms with E-state index in [2.05, 4.69) is 15.5 Å². The lowest BCUT2D eigenvalue weighted by molar-refractivity contribution is -0.162. The number of methoxy groups -OCH3 is 1. The lowest BCUT2D eigenvalue weighted by Gasteiger charge is -2.56. The molecule has 1 atom stereocenters. The van der Waals surface area contributed by atoms with Gasteiger partial charge in [-0.2, -0.15) is 4.98 Å². The molecule has 1 saturated heterocycles. The van der Waals surface area contributed by atoms with Gasteiger partial charge >= 0.3 is 6.01 Å². The number of benzene rings is 1. The van der Waals surface area contributed by atoms with Crippen molar-refractivity contribution in [2.75, 3.05) is 38.3 Å². The first-order valence-electron chi connectivity index (χ1n) is 13.2. The zero-order valence-corrected chi connectivity index (χ0v) is 20.6. The molecule has 1 N–H and O–H groups in total. The van der Waals surface area contributed by atoms with Crippen molar-refractivity contribution in [3.05, 3.63) is 24.3 Å². The Labute approximate surface area is 206 Å². The normalized spacial score (nSPS) is 31.5. The van der Waals surface area contributed by atoms with Gasteiger partial charge in [-0.05, 0) is 93.4 Å². The summed E-state index contributed by atoms with van der Waals surface area (Å²) >= 11 is 0. The van der Waals surface area contributed by atoms with Crippen LogP contribution in [0.1, 0.15) is 51.4 Å². The van der Waals surface area contributed by atoms with E-state index in [1.807, 2.05) is 29.2 Å². The smallest absolute Gasteiger partial charge is 0.324 e. The number of anilines is 1. The Morgan fingerprint density at radius 1 is 1.14 bits per heavy atom. The fourth-order valence-corrected chi connectivity index (χ4v) is 7.36. The highest BCUT2D eigenvalue weighted by atomic mass is 16.5. The molecule has 1 aliphatic heterocycles. The molecule has 2 aromatic rings. The number of amides is 1. The Hall–Kier alpha value is -2.61. The van der Waals surface area contributed by atoms with Crippen LogP contribution in [0.15, 0.2) is 28.8 Å². The molecule has 5 fully saturated rings. The highest BCUT2D eigenvalue weighted by molar-refractivity contribution is 5.79. The van der Waals surface area contributed by atoms with Crippen LogP contribution in [0, 0.1) is 23.7 Å². The topological polar surface area (TPSA) is 89.7 Å². The van der Waals surface area contributed by atoms with Gasteiger partial charge in [0.2, 0.25) is 11.7 Å². The summed E-state index contributed by atoms with van der Waals surface area (Å²) in [4.78, 5) is 19.5. The fourth-order valence-electron chi connectivity index (χ4n) is 7.36. The van der Waals surface area contributed by atoms with Crippen LogP contribution in [0.25, 0.3) is 11.4 Å². The summed E-state index contributed by atoms with van der Waals surface area (Å²) in [6.45, 7) is 2.59. The maximum atomic E-state index is 12.9. The Balaban J connectivity index is 0.990. The van der Waals surface area contributed by atoms with E-state index in [1.54, 1.807) is 7.11 Å². The molecular weight excluding hydrogens is 444 g/mol. The number of hydrogen-bond donors (Lipinski definition) is 1. The molecule has 2 heterocycles. The molecule has 1 aromatic carbocycles. The van der Waals surface area contributed by atoms with E-state index >= 15 is 0 Å². The zero-order chi connectivity index (χ0) is 23.8. The van der Waals surface area contributed by atoms with Crippen LogP contribution in [0.5, 0.6) is 5.75 Å². The third-order valence-electron chi connectivity index (χ3n) is 8.62. The molecule has 0 radical (unpaired) electrons. The van der Waals surface area contributed by atoms with Crippen LogP contribution < -0.4 is 15.0 Å². The van der Waals surface area contributed by atoms with Crippen LogP contribution >= 0.6 is 0 Å². The van der Waals surface area contributed by atoms with Crippen molar-refractivity contribution in [2.45, 2.75) is 57.0 Å². The largest absolute Gasteiger partial charge is 0.497 e. The lowest BCUT2D eigenvalue weighted by atomic mass is 9.54. The molecule has 35 heavy (non-hydrogen) atoms. The molecule has 0 spiro atoms. The summed E-state index contributed by atoms with van der Waals surface area (Å²) in [6, 6.07) is 8.04. The predicted octanol–water partition coefficient (Wildman–Crippen LogP) is 4.06. The SMILES string of the molecule is COc1ccc(-c2noc(N3CCCC(C(=O)NCCOC45CC6CC(CC(C6)C4)C5)C3)n2)cc1. The molecule has 7 rings (SSSR count). The van der Waals surface area contributed by atoms with Gasteiger partial charge in [-0.25, -0.2) is 0 Å². The highest BCUT2D eigenvalue weighted by Crippen LogP contribution is 2.57. The van der Waals surface area contributed by atoms with Crippen LogP contribution in [-0.4, -0.2) is 55.0 Å². The number of hydrogen-bond acceptors (Lipinski definition) is 7. The van der Waals surface area contributed by atoms with Crippen LogP contribution in [0.4, 0.5) is 6.01 Å². The molecule has 1 aromatic heterocycles. The number of aromatic nitrogens is 2. The Bertz CT molecular complexity index is 1000. The average Bonchev–Trinajstić information content (AvgIpc) is 3.36. The second kappa shape index (κ2) is 9.45. The van der Waals surface area contributed by atoms with Crippen molar-refractivity contribution < 1.29 is 18.8 Å². The average molecular weight is 481 g/mol. The number of piperidine rings is 1. The molecule has 5 aliphatic rings. The second-order valence-corrected chi connectivity index (χ2v) is 11.2. The minimum Gasteiger partial charge on any atom is -0.497 e. The van der Waals surface area contributed by atoms with Gasteiger partial charge in [0.05, 0.1) is 25.2 Å². The van der Waals surface area contributed by atoms with Crippen molar-refractivity contribution in [2.24, 2.45) is 23.7 Å². The highest BCUT2D eigenvalue weighted by Gasteiger charge is 2.51. The molecule has 188 valence electrons. The Morgan fingerprint density at radius 3 is 2.54 bits per heavy atom. The first-order chi connectivity index (χ1) is 17.1.